The van der Waals surface area contributed by atoms with Crippen molar-refractivity contribution in [2.75, 3.05) is 6.61 Å². The summed E-state index contributed by atoms with van der Waals surface area (Å²) < 4.78 is 7.12. The molecule has 6 nitrogen and oxygen atoms in total. The highest BCUT2D eigenvalue weighted by Gasteiger charge is 2.14. The topological polar surface area (TPSA) is 69.4 Å². The van der Waals surface area contributed by atoms with Crippen molar-refractivity contribution in [2.45, 2.75) is 20.8 Å². The standard InChI is InChI=1S/C14H14N4O2S/c1-4-20-9(3)17-18-8(2)16-11-10-6-5-7-15-13(10)21-12(11)14(18)19/h5-7H,4H2,1-3H3/b17-9-. The molecule has 0 aliphatic rings. The van der Waals surface area contributed by atoms with Crippen LogP contribution in [0.5, 0.6) is 0 Å². The van der Waals surface area contributed by atoms with Gasteiger partial charge in [-0.05, 0) is 26.0 Å². The number of hydrogen-bond acceptors (Lipinski definition) is 6. The van der Waals surface area contributed by atoms with Crippen LogP contribution >= 0.6 is 11.3 Å². The van der Waals surface area contributed by atoms with Gasteiger partial charge in [-0.25, -0.2) is 9.97 Å². The van der Waals surface area contributed by atoms with E-state index in [0.717, 1.165) is 10.2 Å². The van der Waals surface area contributed by atoms with Gasteiger partial charge in [-0.2, -0.15) is 4.68 Å². The molecule has 21 heavy (non-hydrogen) atoms. The molecule has 0 saturated carbocycles. The summed E-state index contributed by atoms with van der Waals surface area (Å²) in [5.74, 6) is 0.957. The lowest BCUT2D eigenvalue weighted by Gasteiger charge is -2.05. The predicted molar refractivity (Wildman–Crippen MR) is 84.1 cm³/mol. The van der Waals surface area contributed by atoms with E-state index in [-0.39, 0.29) is 5.56 Å². The highest BCUT2D eigenvalue weighted by Crippen LogP contribution is 2.28. The van der Waals surface area contributed by atoms with Crippen molar-refractivity contribution in [2.24, 2.45) is 5.10 Å². The number of ether oxygens (including phenoxy) is 1. The molecule has 0 spiro atoms. The van der Waals surface area contributed by atoms with Crippen molar-refractivity contribution in [3.8, 4) is 0 Å². The van der Waals surface area contributed by atoms with Gasteiger partial charge in [-0.1, -0.05) is 0 Å². The molecule has 0 fully saturated rings. The predicted octanol–water partition coefficient (Wildman–Crippen LogP) is 2.53. The van der Waals surface area contributed by atoms with Gasteiger partial charge in [-0.3, -0.25) is 4.79 Å². The molecule has 0 aliphatic heterocycles. The van der Waals surface area contributed by atoms with E-state index in [1.54, 1.807) is 20.0 Å². The highest BCUT2D eigenvalue weighted by molar-refractivity contribution is 7.25. The second-order valence-electron chi connectivity index (χ2n) is 4.46. The van der Waals surface area contributed by atoms with Gasteiger partial charge in [0.1, 0.15) is 15.4 Å². The average Bonchev–Trinajstić information content (AvgIpc) is 2.83. The summed E-state index contributed by atoms with van der Waals surface area (Å²) in [4.78, 5) is 22.2. The second kappa shape index (κ2) is 5.25. The number of aromatic nitrogens is 3. The van der Waals surface area contributed by atoms with Crippen LogP contribution in [0.3, 0.4) is 0 Å². The van der Waals surface area contributed by atoms with E-state index in [1.165, 1.54) is 16.0 Å². The SMILES string of the molecule is CCO/C(C)=N\n1c(C)nc2c(sc3ncccc32)c1=O. The zero-order valence-corrected chi connectivity index (χ0v) is 12.8. The van der Waals surface area contributed by atoms with Gasteiger partial charge in [0, 0.05) is 18.5 Å². The number of hydrogen-bond donors (Lipinski definition) is 0. The molecular weight excluding hydrogens is 288 g/mol. The fraction of sp³-hybridized carbons (Fsp3) is 0.286. The number of rotatable bonds is 2. The van der Waals surface area contributed by atoms with Gasteiger partial charge in [0.05, 0.1) is 12.1 Å². The van der Waals surface area contributed by atoms with Crippen molar-refractivity contribution in [3.63, 3.8) is 0 Å². The number of nitrogens with zero attached hydrogens (tertiary/aromatic N) is 4. The second-order valence-corrected chi connectivity index (χ2v) is 5.46. The van der Waals surface area contributed by atoms with Crippen LogP contribution in [0.15, 0.2) is 28.2 Å². The van der Waals surface area contributed by atoms with E-state index in [0.29, 0.717) is 28.5 Å². The first-order valence-corrected chi connectivity index (χ1v) is 7.38. The quantitative estimate of drug-likeness (QED) is 0.539. The molecule has 3 rings (SSSR count). The first-order chi connectivity index (χ1) is 10.1. The van der Waals surface area contributed by atoms with E-state index < -0.39 is 0 Å². The van der Waals surface area contributed by atoms with Crippen molar-refractivity contribution < 1.29 is 4.74 Å². The van der Waals surface area contributed by atoms with Crippen molar-refractivity contribution >= 4 is 37.7 Å². The van der Waals surface area contributed by atoms with Crippen molar-refractivity contribution in [3.05, 3.63) is 34.5 Å². The lowest BCUT2D eigenvalue weighted by molar-refractivity contribution is 0.320. The molecule has 0 atom stereocenters. The molecule has 7 heteroatoms. The summed E-state index contributed by atoms with van der Waals surface area (Å²) in [6.45, 7) is 5.84. The molecule has 0 aliphatic carbocycles. The Kier molecular flexibility index (Phi) is 3.42. The highest BCUT2D eigenvalue weighted by atomic mass is 32.1. The maximum Gasteiger partial charge on any atom is 0.292 e. The van der Waals surface area contributed by atoms with Crippen LogP contribution < -0.4 is 5.56 Å². The molecule has 3 aromatic heterocycles. The molecule has 0 aromatic carbocycles. The van der Waals surface area contributed by atoms with Crippen LogP contribution in [0.25, 0.3) is 20.4 Å². The maximum atomic E-state index is 12.6. The van der Waals surface area contributed by atoms with E-state index in [4.69, 9.17) is 4.74 Å². The Balaban J connectivity index is 2.31. The van der Waals surface area contributed by atoms with E-state index in [1.807, 2.05) is 19.1 Å². The number of pyridine rings is 1. The minimum Gasteiger partial charge on any atom is -0.480 e. The maximum absolute atomic E-state index is 12.6. The fourth-order valence-electron chi connectivity index (χ4n) is 2.12. The first kappa shape index (κ1) is 13.7. The Bertz CT molecular complexity index is 910. The minimum atomic E-state index is -0.195. The third kappa shape index (κ3) is 2.29. The molecule has 108 valence electrons. The zero-order valence-electron chi connectivity index (χ0n) is 12.0. The molecular formula is C14H14N4O2S. The van der Waals surface area contributed by atoms with Gasteiger partial charge in [-0.15, -0.1) is 16.4 Å². The van der Waals surface area contributed by atoms with Crippen LogP contribution in [0.1, 0.15) is 19.7 Å². The summed E-state index contributed by atoms with van der Waals surface area (Å²) in [6, 6.07) is 3.76. The summed E-state index contributed by atoms with van der Waals surface area (Å²) >= 11 is 1.33. The summed E-state index contributed by atoms with van der Waals surface area (Å²) in [5, 5.41) is 5.09. The smallest absolute Gasteiger partial charge is 0.292 e. The van der Waals surface area contributed by atoms with Crippen molar-refractivity contribution in [1.29, 1.82) is 0 Å². The van der Waals surface area contributed by atoms with Crippen LogP contribution in [0.2, 0.25) is 0 Å². The molecule has 0 radical (unpaired) electrons. The molecule has 0 saturated heterocycles. The van der Waals surface area contributed by atoms with E-state index in [2.05, 4.69) is 15.1 Å². The summed E-state index contributed by atoms with van der Waals surface area (Å²) in [6.07, 6.45) is 1.71. The monoisotopic (exact) mass is 302 g/mol. The third-order valence-electron chi connectivity index (χ3n) is 3.00. The zero-order chi connectivity index (χ0) is 15.0. The Labute approximate surface area is 124 Å². The lowest BCUT2D eigenvalue weighted by Crippen LogP contribution is -2.21. The third-order valence-corrected chi connectivity index (χ3v) is 4.09. The van der Waals surface area contributed by atoms with Crippen LogP contribution in [0, 0.1) is 6.92 Å². The summed E-state index contributed by atoms with van der Waals surface area (Å²) in [7, 11) is 0. The molecule has 3 aromatic rings. The van der Waals surface area contributed by atoms with Crippen LogP contribution in [-0.4, -0.2) is 27.1 Å². The number of thiophene rings is 1. The van der Waals surface area contributed by atoms with E-state index in [9.17, 15) is 4.79 Å². The molecule has 0 N–H and O–H groups in total. The van der Waals surface area contributed by atoms with Gasteiger partial charge in [0.25, 0.3) is 5.56 Å². The van der Waals surface area contributed by atoms with Crippen molar-refractivity contribution in [1.82, 2.24) is 14.6 Å². The Morgan fingerprint density at radius 1 is 1.52 bits per heavy atom. The Morgan fingerprint density at radius 3 is 3.10 bits per heavy atom. The van der Waals surface area contributed by atoms with E-state index >= 15 is 0 Å². The fourth-order valence-corrected chi connectivity index (χ4v) is 3.13. The molecule has 0 bridgehead atoms. The minimum absolute atomic E-state index is 0.195. The molecule has 0 unspecified atom stereocenters. The first-order valence-electron chi connectivity index (χ1n) is 6.57. The van der Waals surface area contributed by atoms with Gasteiger partial charge in [0.15, 0.2) is 0 Å². The van der Waals surface area contributed by atoms with Gasteiger partial charge >= 0.3 is 0 Å². The Hall–Kier alpha value is -2.28. The van der Waals surface area contributed by atoms with Gasteiger partial charge in [0.2, 0.25) is 5.90 Å². The lowest BCUT2D eigenvalue weighted by atomic mass is 10.3. The van der Waals surface area contributed by atoms with Crippen LogP contribution in [-0.2, 0) is 4.74 Å². The normalized spacial score (nSPS) is 12.2. The molecule has 0 amide bonds. The largest absolute Gasteiger partial charge is 0.480 e. The Morgan fingerprint density at radius 2 is 2.33 bits per heavy atom. The number of aryl methyl sites for hydroxylation is 1. The number of fused-ring (bicyclic) bond motifs is 3. The summed E-state index contributed by atoms with van der Waals surface area (Å²) in [5.41, 5.74) is 0.491. The van der Waals surface area contributed by atoms with Gasteiger partial charge < -0.3 is 4.74 Å². The average molecular weight is 302 g/mol. The molecule has 3 heterocycles. The van der Waals surface area contributed by atoms with Crippen LogP contribution in [0.4, 0.5) is 0 Å².